The fourth-order valence-electron chi connectivity index (χ4n) is 1.80. The normalized spacial score (nSPS) is 17.5. The van der Waals surface area contributed by atoms with E-state index in [1.807, 2.05) is 30.5 Å². The third-order valence-corrected chi connectivity index (χ3v) is 3.98. The molecule has 1 heterocycles. The summed E-state index contributed by atoms with van der Waals surface area (Å²) < 4.78 is 0. The van der Waals surface area contributed by atoms with Crippen molar-refractivity contribution < 1.29 is 4.79 Å². The highest BCUT2D eigenvalue weighted by molar-refractivity contribution is 7.99. The molecule has 4 heteroatoms. The number of urea groups is 1. The summed E-state index contributed by atoms with van der Waals surface area (Å²) in [6, 6.07) is 0.0956. The quantitative estimate of drug-likeness (QED) is 0.803. The van der Waals surface area contributed by atoms with E-state index >= 15 is 0 Å². The van der Waals surface area contributed by atoms with Gasteiger partial charge in [0.15, 0.2) is 0 Å². The maximum atomic E-state index is 11.7. The molecule has 1 aliphatic heterocycles. The van der Waals surface area contributed by atoms with Gasteiger partial charge in [-0.25, -0.2) is 4.79 Å². The van der Waals surface area contributed by atoms with Crippen LogP contribution < -0.4 is 5.32 Å². The van der Waals surface area contributed by atoms with Crippen LogP contribution in [0.3, 0.4) is 0 Å². The lowest BCUT2D eigenvalue weighted by Crippen LogP contribution is -2.42. The minimum Gasteiger partial charge on any atom is -0.338 e. The van der Waals surface area contributed by atoms with Crippen molar-refractivity contribution in [3.63, 3.8) is 0 Å². The molecule has 0 aromatic rings. The van der Waals surface area contributed by atoms with Gasteiger partial charge in [0.1, 0.15) is 0 Å². The Morgan fingerprint density at radius 3 is 2.47 bits per heavy atom. The molecule has 88 valence electrons. The topological polar surface area (TPSA) is 32.3 Å². The van der Waals surface area contributed by atoms with Crippen molar-refractivity contribution in [1.29, 1.82) is 0 Å². The Kier molecular flexibility index (Phi) is 5.91. The fourth-order valence-corrected chi connectivity index (χ4v) is 3.01. The van der Waals surface area contributed by atoms with Crippen LogP contribution in [0, 0.1) is 5.92 Å². The second-order valence-electron chi connectivity index (χ2n) is 3.91. The molecular formula is C11H22N2OS. The smallest absolute Gasteiger partial charge is 0.317 e. The molecule has 1 fully saturated rings. The van der Waals surface area contributed by atoms with E-state index in [0.29, 0.717) is 5.92 Å². The first kappa shape index (κ1) is 12.7. The minimum atomic E-state index is 0.0956. The average molecular weight is 230 g/mol. The van der Waals surface area contributed by atoms with Gasteiger partial charge in [0.2, 0.25) is 0 Å². The lowest BCUT2D eigenvalue weighted by molar-refractivity contribution is 0.201. The van der Waals surface area contributed by atoms with Gasteiger partial charge in [-0.1, -0.05) is 0 Å². The summed E-state index contributed by atoms with van der Waals surface area (Å²) in [6.07, 6.45) is 2.51. The second-order valence-corrected chi connectivity index (χ2v) is 5.14. The molecule has 0 bridgehead atoms. The molecule has 0 spiro atoms. The molecule has 0 saturated carbocycles. The first-order valence-electron chi connectivity index (χ1n) is 5.88. The Labute approximate surface area is 97.0 Å². The predicted octanol–water partition coefficient (Wildman–Crippen LogP) is 2.18. The second kappa shape index (κ2) is 6.99. The number of thioether (sulfide) groups is 1. The highest BCUT2D eigenvalue weighted by Crippen LogP contribution is 2.21. The molecule has 0 radical (unpaired) electrons. The van der Waals surface area contributed by atoms with Crippen LogP contribution in [0.4, 0.5) is 4.79 Å². The number of nitrogens with zero attached hydrogens (tertiary/aromatic N) is 1. The van der Waals surface area contributed by atoms with Crippen LogP contribution in [0.25, 0.3) is 0 Å². The van der Waals surface area contributed by atoms with Crippen molar-refractivity contribution in [2.24, 2.45) is 5.92 Å². The van der Waals surface area contributed by atoms with Gasteiger partial charge < -0.3 is 10.2 Å². The van der Waals surface area contributed by atoms with E-state index in [1.165, 1.54) is 24.3 Å². The number of rotatable bonds is 4. The first-order valence-corrected chi connectivity index (χ1v) is 7.03. The van der Waals surface area contributed by atoms with Crippen molar-refractivity contribution in [3.05, 3.63) is 0 Å². The molecule has 0 aliphatic carbocycles. The zero-order valence-corrected chi connectivity index (χ0v) is 10.6. The summed E-state index contributed by atoms with van der Waals surface area (Å²) in [7, 11) is 0. The molecule has 2 amide bonds. The summed E-state index contributed by atoms with van der Waals surface area (Å²) in [4.78, 5) is 13.5. The van der Waals surface area contributed by atoms with Crippen LogP contribution >= 0.6 is 11.8 Å². The molecule has 0 unspecified atom stereocenters. The Morgan fingerprint density at radius 1 is 1.33 bits per heavy atom. The largest absolute Gasteiger partial charge is 0.338 e. The van der Waals surface area contributed by atoms with E-state index in [1.54, 1.807) is 0 Å². The summed E-state index contributed by atoms with van der Waals surface area (Å²) in [5.74, 6) is 3.21. The number of amides is 2. The predicted molar refractivity (Wildman–Crippen MR) is 66.4 cm³/mol. The number of hydrogen-bond acceptors (Lipinski definition) is 2. The maximum Gasteiger partial charge on any atom is 0.317 e. The van der Waals surface area contributed by atoms with E-state index in [0.717, 1.165) is 19.6 Å². The van der Waals surface area contributed by atoms with Gasteiger partial charge in [-0.2, -0.15) is 11.8 Å². The highest BCUT2D eigenvalue weighted by Gasteiger charge is 2.15. The monoisotopic (exact) mass is 230 g/mol. The summed E-state index contributed by atoms with van der Waals surface area (Å²) >= 11 is 2.03. The van der Waals surface area contributed by atoms with Gasteiger partial charge in [-0.05, 0) is 44.1 Å². The molecule has 0 aromatic heterocycles. The Morgan fingerprint density at radius 2 is 1.93 bits per heavy atom. The minimum absolute atomic E-state index is 0.0956. The zero-order chi connectivity index (χ0) is 11.1. The van der Waals surface area contributed by atoms with Crippen LogP contribution in [0.5, 0.6) is 0 Å². The number of carbonyl (C=O) groups excluding carboxylic acids is 1. The van der Waals surface area contributed by atoms with Crippen LogP contribution in [-0.4, -0.2) is 42.1 Å². The Bertz CT molecular complexity index is 189. The van der Waals surface area contributed by atoms with Crippen molar-refractivity contribution in [2.45, 2.75) is 26.7 Å². The van der Waals surface area contributed by atoms with Crippen LogP contribution in [0.1, 0.15) is 26.7 Å². The summed E-state index contributed by atoms with van der Waals surface area (Å²) in [6.45, 7) is 6.47. The van der Waals surface area contributed by atoms with Gasteiger partial charge in [0.05, 0.1) is 0 Å². The van der Waals surface area contributed by atoms with Crippen LogP contribution in [-0.2, 0) is 0 Å². The van der Waals surface area contributed by atoms with Crippen molar-refractivity contribution >= 4 is 17.8 Å². The molecule has 1 N–H and O–H groups in total. The molecule has 1 rings (SSSR count). The summed E-state index contributed by atoms with van der Waals surface area (Å²) in [5, 5.41) is 3.03. The molecule has 1 saturated heterocycles. The van der Waals surface area contributed by atoms with Crippen molar-refractivity contribution in [2.75, 3.05) is 31.1 Å². The van der Waals surface area contributed by atoms with Gasteiger partial charge in [-0.15, -0.1) is 0 Å². The van der Waals surface area contributed by atoms with Crippen LogP contribution in [0.2, 0.25) is 0 Å². The molecule has 0 aromatic carbocycles. The van der Waals surface area contributed by atoms with Gasteiger partial charge in [0.25, 0.3) is 0 Å². The lowest BCUT2D eigenvalue weighted by atomic mass is 10.0. The maximum absolute atomic E-state index is 11.7. The van der Waals surface area contributed by atoms with Crippen molar-refractivity contribution in [1.82, 2.24) is 10.2 Å². The van der Waals surface area contributed by atoms with E-state index in [9.17, 15) is 4.79 Å². The highest BCUT2D eigenvalue weighted by atomic mass is 32.2. The molecular weight excluding hydrogens is 208 g/mol. The summed E-state index contributed by atoms with van der Waals surface area (Å²) in [5.41, 5.74) is 0. The van der Waals surface area contributed by atoms with Crippen molar-refractivity contribution in [3.8, 4) is 0 Å². The SMILES string of the molecule is CCN(CC)C(=O)NCC1CCSCC1. The van der Waals surface area contributed by atoms with E-state index in [4.69, 9.17) is 0 Å². The number of hydrogen-bond donors (Lipinski definition) is 1. The first-order chi connectivity index (χ1) is 7.27. The lowest BCUT2D eigenvalue weighted by Gasteiger charge is -2.24. The standard InChI is InChI=1S/C11H22N2OS/c1-3-13(4-2)11(14)12-9-10-5-7-15-8-6-10/h10H,3-9H2,1-2H3,(H,12,14). The third kappa shape index (κ3) is 4.33. The van der Waals surface area contributed by atoms with E-state index < -0.39 is 0 Å². The molecule has 3 nitrogen and oxygen atoms in total. The third-order valence-electron chi connectivity index (χ3n) is 2.93. The van der Waals surface area contributed by atoms with Crippen LogP contribution in [0.15, 0.2) is 0 Å². The zero-order valence-electron chi connectivity index (χ0n) is 9.79. The van der Waals surface area contributed by atoms with Gasteiger partial charge in [-0.3, -0.25) is 0 Å². The van der Waals surface area contributed by atoms with E-state index in [2.05, 4.69) is 5.32 Å². The van der Waals surface area contributed by atoms with Gasteiger partial charge in [0, 0.05) is 19.6 Å². The van der Waals surface area contributed by atoms with E-state index in [-0.39, 0.29) is 6.03 Å². The number of nitrogens with one attached hydrogen (secondary N) is 1. The Hall–Kier alpha value is -0.380. The van der Waals surface area contributed by atoms with Gasteiger partial charge >= 0.3 is 6.03 Å². The Balaban J connectivity index is 2.20. The fraction of sp³-hybridized carbons (Fsp3) is 0.909. The molecule has 1 aliphatic rings. The molecule has 15 heavy (non-hydrogen) atoms. The number of carbonyl (C=O) groups is 1. The molecule has 0 atom stereocenters. The average Bonchev–Trinajstić information content (AvgIpc) is 2.29.